The number of aliphatic carboxylic acids is 1. The van der Waals surface area contributed by atoms with Gasteiger partial charge in [-0.1, -0.05) is 0 Å². The molecule has 1 fully saturated rings. The molecule has 4 heteroatoms. The normalized spacial score (nSPS) is 32.5. The number of hydrogen-bond donors (Lipinski definition) is 2. The quantitative estimate of drug-likeness (QED) is 0.547. The van der Waals surface area contributed by atoms with Gasteiger partial charge in [0.1, 0.15) is 6.04 Å². The highest BCUT2D eigenvalue weighted by atomic mass is 16.5. The number of hydrogen-bond acceptors (Lipinski definition) is 3. The lowest BCUT2D eigenvalue weighted by molar-refractivity contribution is -0.139. The minimum atomic E-state index is -0.792. The minimum absolute atomic E-state index is 0.0705. The van der Waals surface area contributed by atoms with E-state index in [0.29, 0.717) is 13.0 Å². The third-order valence-corrected chi connectivity index (χ3v) is 1.72. The summed E-state index contributed by atoms with van der Waals surface area (Å²) in [5.41, 5.74) is 0. The number of carbonyl (C=O) groups is 1. The Kier molecular flexibility index (Phi) is 2.24. The summed E-state index contributed by atoms with van der Waals surface area (Å²) in [4.78, 5) is 10.3. The first kappa shape index (κ1) is 7.50. The fraction of sp³-hybridized carbons (Fsp3) is 0.833. The van der Waals surface area contributed by atoms with Crippen molar-refractivity contribution in [1.82, 2.24) is 5.32 Å². The molecule has 2 N–H and O–H groups in total. The molecular weight excluding hydrogens is 134 g/mol. The van der Waals surface area contributed by atoms with Crippen molar-refractivity contribution in [3.05, 3.63) is 0 Å². The van der Waals surface area contributed by atoms with Crippen molar-refractivity contribution in [2.45, 2.75) is 18.6 Å². The van der Waals surface area contributed by atoms with Gasteiger partial charge in [0.15, 0.2) is 0 Å². The maximum Gasteiger partial charge on any atom is 0.320 e. The van der Waals surface area contributed by atoms with Crippen LogP contribution in [-0.2, 0) is 9.53 Å². The molecule has 0 aromatic carbocycles. The highest BCUT2D eigenvalue weighted by Gasteiger charge is 2.28. The molecule has 1 aliphatic rings. The zero-order valence-electron chi connectivity index (χ0n) is 5.83. The van der Waals surface area contributed by atoms with Crippen molar-refractivity contribution in [3.8, 4) is 0 Å². The van der Waals surface area contributed by atoms with E-state index in [9.17, 15) is 4.79 Å². The van der Waals surface area contributed by atoms with E-state index in [1.807, 2.05) is 0 Å². The lowest BCUT2D eigenvalue weighted by atomic mass is 10.2. The van der Waals surface area contributed by atoms with Gasteiger partial charge in [0.2, 0.25) is 0 Å². The van der Waals surface area contributed by atoms with Crippen LogP contribution in [0.15, 0.2) is 0 Å². The van der Waals surface area contributed by atoms with Crippen molar-refractivity contribution in [2.75, 3.05) is 13.7 Å². The average molecular weight is 145 g/mol. The molecule has 1 unspecified atom stereocenters. The molecule has 0 radical (unpaired) electrons. The van der Waals surface area contributed by atoms with E-state index in [0.717, 1.165) is 0 Å². The molecule has 0 aliphatic carbocycles. The number of carboxylic acids is 1. The third kappa shape index (κ3) is 1.46. The second-order valence-corrected chi connectivity index (χ2v) is 2.39. The molecule has 1 aliphatic heterocycles. The molecule has 0 aromatic rings. The van der Waals surface area contributed by atoms with Crippen LogP contribution in [0.25, 0.3) is 0 Å². The Labute approximate surface area is 59.2 Å². The Morgan fingerprint density at radius 2 is 2.50 bits per heavy atom. The van der Waals surface area contributed by atoms with Crippen molar-refractivity contribution in [3.63, 3.8) is 0 Å². The van der Waals surface area contributed by atoms with E-state index in [4.69, 9.17) is 9.84 Å². The maximum absolute atomic E-state index is 10.3. The van der Waals surface area contributed by atoms with Gasteiger partial charge in [-0.25, -0.2) is 0 Å². The average Bonchev–Trinajstić information content (AvgIpc) is 2.34. The van der Waals surface area contributed by atoms with Crippen LogP contribution >= 0.6 is 0 Å². The monoisotopic (exact) mass is 145 g/mol. The Hall–Kier alpha value is -0.610. The van der Waals surface area contributed by atoms with E-state index in [2.05, 4.69) is 5.32 Å². The van der Waals surface area contributed by atoms with Crippen LogP contribution in [0, 0.1) is 0 Å². The van der Waals surface area contributed by atoms with E-state index in [1.54, 1.807) is 7.11 Å². The second kappa shape index (κ2) is 2.98. The van der Waals surface area contributed by atoms with Crippen LogP contribution in [-0.4, -0.2) is 36.9 Å². The smallest absolute Gasteiger partial charge is 0.320 e. The highest BCUT2D eigenvalue weighted by Crippen LogP contribution is 2.08. The highest BCUT2D eigenvalue weighted by molar-refractivity contribution is 5.73. The molecule has 1 saturated heterocycles. The number of methoxy groups -OCH3 is 1. The predicted molar refractivity (Wildman–Crippen MR) is 34.8 cm³/mol. The largest absolute Gasteiger partial charge is 0.480 e. The van der Waals surface area contributed by atoms with Gasteiger partial charge in [0, 0.05) is 20.1 Å². The van der Waals surface area contributed by atoms with Crippen LogP contribution in [0.2, 0.25) is 0 Å². The molecule has 1 heterocycles. The Bertz CT molecular complexity index is 137. The molecular formula is C6H11NO3. The van der Waals surface area contributed by atoms with E-state index < -0.39 is 12.0 Å². The molecule has 1 rings (SSSR count). The van der Waals surface area contributed by atoms with Crippen molar-refractivity contribution < 1.29 is 14.6 Å². The molecule has 0 bridgehead atoms. The van der Waals surface area contributed by atoms with Gasteiger partial charge in [0.25, 0.3) is 0 Å². The summed E-state index contributed by atoms with van der Waals surface area (Å²) in [5.74, 6) is -0.792. The van der Waals surface area contributed by atoms with Gasteiger partial charge in [-0.2, -0.15) is 0 Å². The standard InChI is InChI=1S/C6H11NO3/c1-10-4-2-5(6(8)9)7-3-4/h4-5,7H,2-3H2,1H3,(H,8,9)/t4?,5-/m1/s1. The zero-order chi connectivity index (χ0) is 7.56. The van der Waals surface area contributed by atoms with Gasteiger partial charge >= 0.3 is 5.97 Å². The fourth-order valence-corrected chi connectivity index (χ4v) is 1.07. The summed E-state index contributed by atoms with van der Waals surface area (Å²) in [6, 6.07) is -0.412. The van der Waals surface area contributed by atoms with Crippen LogP contribution in [0.1, 0.15) is 6.42 Å². The SMILES string of the molecule is COC1CN[C@@H](C(=O)O)C1. The van der Waals surface area contributed by atoms with E-state index in [1.165, 1.54) is 0 Å². The van der Waals surface area contributed by atoms with Crippen molar-refractivity contribution >= 4 is 5.97 Å². The van der Waals surface area contributed by atoms with Gasteiger partial charge in [-0.3, -0.25) is 4.79 Å². The number of carboxylic acid groups (broad SMARTS) is 1. The summed E-state index contributed by atoms with van der Waals surface area (Å²) >= 11 is 0. The van der Waals surface area contributed by atoms with Gasteiger partial charge in [-0.05, 0) is 0 Å². The van der Waals surface area contributed by atoms with Gasteiger partial charge in [0.05, 0.1) is 6.10 Å². The fourth-order valence-electron chi connectivity index (χ4n) is 1.07. The molecule has 10 heavy (non-hydrogen) atoms. The first-order chi connectivity index (χ1) is 4.74. The van der Waals surface area contributed by atoms with E-state index >= 15 is 0 Å². The first-order valence-corrected chi connectivity index (χ1v) is 3.23. The summed E-state index contributed by atoms with van der Waals surface area (Å²) in [6.45, 7) is 0.646. The van der Waals surface area contributed by atoms with Crippen molar-refractivity contribution in [2.24, 2.45) is 0 Å². The zero-order valence-corrected chi connectivity index (χ0v) is 5.83. The summed E-state index contributed by atoms with van der Waals surface area (Å²) in [5, 5.41) is 11.3. The summed E-state index contributed by atoms with van der Waals surface area (Å²) in [6.07, 6.45) is 0.646. The molecule has 4 nitrogen and oxygen atoms in total. The molecule has 0 amide bonds. The summed E-state index contributed by atoms with van der Waals surface area (Å²) in [7, 11) is 1.59. The third-order valence-electron chi connectivity index (χ3n) is 1.72. The molecule has 0 aromatic heterocycles. The topological polar surface area (TPSA) is 58.6 Å². The summed E-state index contributed by atoms with van der Waals surface area (Å²) < 4.78 is 4.97. The minimum Gasteiger partial charge on any atom is -0.480 e. The van der Waals surface area contributed by atoms with Gasteiger partial charge < -0.3 is 15.2 Å². The van der Waals surface area contributed by atoms with Crippen LogP contribution in [0.3, 0.4) is 0 Å². The Balaban J connectivity index is 2.35. The molecule has 0 spiro atoms. The lowest BCUT2D eigenvalue weighted by Crippen LogP contribution is -2.29. The van der Waals surface area contributed by atoms with E-state index in [-0.39, 0.29) is 6.10 Å². The molecule has 0 saturated carbocycles. The number of nitrogens with one attached hydrogen (secondary N) is 1. The maximum atomic E-state index is 10.3. The lowest BCUT2D eigenvalue weighted by Gasteiger charge is -2.03. The Morgan fingerprint density at radius 3 is 2.80 bits per heavy atom. The van der Waals surface area contributed by atoms with Crippen LogP contribution < -0.4 is 5.32 Å². The van der Waals surface area contributed by atoms with Crippen LogP contribution in [0.4, 0.5) is 0 Å². The van der Waals surface area contributed by atoms with Gasteiger partial charge in [-0.15, -0.1) is 0 Å². The first-order valence-electron chi connectivity index (χ1n) is 3.23. The second-order valence-electron chi connectivity index (χ2n) is 2.39. The number of ether oxygens (including phenoxy) is 1. The van der Waals surface area contributed by atoms with Crippen molar-refractivity contribution in [1.29, 1.82) is 0 Å². The number of rotatable bonds is 2. The predicted octanol–water partition coefficient (Wildman–Crippen LogP) is -0.552. The Morgan fingerprint density at radius 1 is 1.80 bits per heavy atom. The van der Waals surface area contributed by atoms with Crippen LogP contribution in [0.5, 0.6) is 0 Å². The molecule has 2 atom stereocenters. The molecule has 58 valence electrons.